The minimum Gasteiger partial charge on any atom is -0.468 e. The van der Waals surface area contributed by atoms with Gasteiger partial charge in [0.25, 0.3) is 0 Å². The fourth-order valence-corrected chi connectivity index (χ4v) is 2.91. The summed E-state index contributed by atoms with van der Waals surface area (Å²) in [6.07, 6.45) is 1.83. The van der Waals surface area contributed by atoms with Crippen molar-refractivity contribution in [2.45, 2.75) is 18.9 Å². The van der Waals surface area contributed by atoms with Gasteiger partial charge in [-0.05, 0) is 49.5 Å². The molecule has 1 aliphatic rings. The fourth-order valence-electron chi connectivity index (χ4n) is 2.65. The highest BCUT2D eigenvalue weighted by atomic mass is 79.9. The lowest BCUT2D eigenvalue weighted by Gasteiger charge is -2.35. The Hall–Kier alpha value is -0.910. The van der Waals surface area contributed by atoms with Crippen molar-refractivity contribution in [1.82, 2.24) is 4.90 Å². The van der Waals surface area contributed by atoms with Gasteiger partial charge in [-0.1, -0.05) is 28.1 Å². The largest absolute Gasteiger partial charge is 0.468 e. The molecule has 0 bridgehead atoms. The molecule has 1 saturated heterocycles. The lowest BCUT2D eigenvalue weighted by Crippen LogP contribution is -2.41. The van der Waals surface area contributed by atoms with E-state index in [-0.39, 0.29) is 18.6 Å². The standard InChI is InChI=1S/C15H20BrNO3/c1-20-15(19)14(12-2-4-13(16)5-3-12)17-8-6-11(10-18)7-9-17/h2-5,11,14,18H,6-10H2,1H3. The molecule has 1 fully saturated rings. The maximum absolute atomic E-state index is 12.1. The van der Waals surface area contributed by atoms with Gasteiger partial charge in [0.05, 0.1) is 7.11 Å². The van der Waals surface area contributed by atoms with Crippen molar-refractivity contribution in [2.24, 2.45) is 5.92 Å². The average molecular weight is 342 g/mol. The first-order valence-electron chi connectivity index (χ1n) is 6.84. The van der Waals surface area contributed by atoms with E-state index in [2.05, 4.69) is 20.8 Å². The fraction of sp³-hybridized carbons (Fsp3) is 0.533. The van der Waals surface area contributed by atoms with Gasteiger partial charge in [-0.15, -0.1) is 0 Å². The molecule has 1 aromatic carbocycles. The van der Waals surface area contributed by atoms with Crippen LogP contribution in [0.15, 0.2) is 28.7 Å². The van der Waals surface area contributed by atoms with Crippen molar-refractivity contribution in [3.63, 3.8) is 0 Å². The number of benzene rings is 1. The number of aliphatic hydroxyl groups is 1. The molecule has 2 rings (SSSR count). The zero-order chi connectivity index (χ0) is 14.5. The minimum absolute atomic E-state index is 0.227. The Bertz CT molecular complexity index is 441. The Kier molecular flexibility index (Phi) is 5.57. The number of halogens is 1. The van der Waals surface area contributed by atoms with Crippen LogP contribution in [0.4, 0.5) is 0 Å². The zero-order valence-electron chi connectivity index (χ0n) is 11.6. The van der Waals surface area contributed by atoms with E-state index in [1.165, 1.54) is 7.11 Å². The summed E-state index contributed by atoms with van der Waals surface area (Å²) < 4.78 is 5.95. The molecule has 1 aliphatic heterocycles. The highest BCUT2D eigenvalue weighted by Gasteiger charge is 2.31. The third-order valence-corrected chi connectivity index (χ3v) is 4.41. The summed E-state index contributed by atoms with van der Waals surface area (Å²) in [4.78, 5) is 14.3. The van der Waals surface area contributed by atoms with Crippen molar-refractivity contribution in [1.29, 1.82) is 0 Å². The van der Waals surface area contributed by atoms with E-state index in [0.29, 0.717) is 5.92 Å². The quantitative estimate of drug-likeness (QED) is 0.854. The van der Waals surface area contributed by atoms with E-state index in [9.17, 15) is 9.90 Å². The second-order valence-electron chi connectivity index (χ2n) is 5.14. The summed E-state index contributed by atoms with van der Waals surface area (Å²) in [5, 5.41) is 9.20. The Morgan fingerprint density at radius 1 is 1.40 bits per heavy atom. The van der Waals surface area contributed by atoms with E-state index in [1.807, 2.05) is 24.3 Å². The lowest BCUT2D eigenvalue weighted by molar-refractivity contribution is -0.148. The van der Waals surface area contributed by atoms with Crippen LogP contribution in [0.2, 0.25) is 0 Å². The second kappa shape index (κ2) is 7.20. The Morgan fingerprint density at radius 3 is 2.50 bits per heavy atom. The highest BCUT2D eigenvalue weighted by Crippen LogP contribution is 2.28. The van der Waals surface area contributed by atoms with Crippen molar-refractivity contribution in [2.75, 3.05) is 26.8 Å². The first kappa shape index (κ1) is 15.5. The maximum atomic E-state index is 12.1. The zero-order valence-corrected chi connectivity index (χ0v) is 13.2. The summed E-state index contributed by atoms with van der Waals surface area (Å²) in [6.45, 7) is 1.84. The first-order chi connectivity index (χ1) is 9.65. The van der Waals surface area contributed by atoms with E-state index >= 15 is 0 Å². The molecule has 1 heterocycles. The van der Waals surface area contributed by atoms with Gasteiger partial charge in [-0.3, -0.25) is 4.90 Å². The minimum atomic E-state index is -0.354. The highest BCUT2D eigenvalue weighted by molar-refractivity contribution is 9.10. The van der Waals surface area contributed by atoms with Crippen molar-refractivity contribution in [3.8, 4) is 0 Å². The van der Waals surface area contributed by atoms with Gasteiger partial charge >= 0.3 is 5.97 Å². The number of carbonyl (C=O) groups excluding carboxylic acids is 1. The van der Waals surface area contributed by atoms with E-state index < -0.39 is 0 Å². The molecule has 110 valence electrons. The number of piperidine rings is 1. The number of esters is 1. The number of ether oxygens (including phenoxy) is 1. The van der Waals surface area contributed by atoms with Crippen LogP contribution in [0, 0.1) is 5.92 Å². The summed E-state index contributed by atoms with van der Waals surface area (Å²) in [6, 6.07) is 7.42. The van der Waals surface area contributed by atoms with Gasteiger partial charge in [-0.25, -0.2) is 4.79 Å². The van der Waals surface area contributed by atoms with Crippen LogP contribution in [-0.2, 0) is 9.53 Å². The lowest BCUT2D eigenvalue weighted by atomic mass is 9.95. The van der Waals surface area contributed by atoms with Crippen molar-refractivity contribution >= 4 is 21.9 Å². The van der Waals surface area contributed by atoms with E-state index in [0.717, 1.165) is 36.0 Å². The molecule has 0 radical (unpaired) electrons. The average Bonchev–Trinajstić information content (AvgIpc) is 2.50. The van der Waals surface area contributed by atoms with Crippen LogP contribution < -0.4 is 0 Å². The van der Waals surface area contributed by atoms with Gasteiger partial charge in [0.2, 0.25) is 0 Å². The second-order valence-corrected chi connectivity index (χ2v) is 6.05. The molecule has 4 nitrogen and oxygen atoms in total. The number of nitrogens with zero attached hydrogens (tertiary/aromatic N) is 1. The van der Waals surface area contributed by atoms with Gasteiger partial charge in [0, 0.05) is 11.1 Å². The molecular weight excluding hydrogens is 322 g/mol. The van der Waals surface area contributed by atoms with Gasteiger partial charge in [0.15, 0.2) is 0 Å². The predicted molar refractivity (Wildman–Crippen MR) is 80.3 cm³/mol. The molecule has 5 heteroatoms. The number of hydrogen-bond donors (Lipinski definition) is 1. The van der Waals surface area contributed by atoms with Gasteiger partial charge in [0.1, 0.15) is 6.04 Å². The van der Waals surface area contributed by atoms with Crippen LogP contribution in [0.25, 0.3) is 0 Å². The van der Waals surface area contributed by atoms with Crippen LogP contribution in [0.1, 0.15) is 24.4 Å². The third-order valence-electron chi connectivity index (χ3n) is 3.88. The van der Waals surface area contributed by atoms with E-state index in [1.54, 1.807) is 0 Å². The van der Waals surface area contributed by atoms with Crippen LogP contribution in [-0.4, -0.2) is 42.8 Å². The molecular formula is C15H20BrNO3. The Morgan fingerprint density at radius 2 is 2.00 bits per heavy atom. The summed E-state index contributed by atoms with van der Waals surface area (Å²) >= 11 is 3.40. The number of methoxy groups -OCH3 is 1. The number of aliphatic hydroxyl groups excluding tert-OH is 1. The van der Waals surface area contributed by atoms with E-state index in [4.69, 9.17) is 4.74 Å². The Labute approximate surface area is 127 Å². The molecule has 1 atom stereocenters. The molecule has 0 amide bonds. The molecule has 20 heavy (non-hydrogen) atoms. The predicted octanol–water partition coefficient (Wildman–Crippen LogP) is 2.37. The smallest absolute Gasteiger partial charge is 0.327 e. The van der Waals surface area contributed by atoms with Crippen LogP contribution in [0.5, 0.6) is 0 Å². The molecule has 1 aromatic rings. The normalized spacial score (nSPS) is 18.8. The van der Waals surface area contributed by atoms with Crippen molar-refractivity contribution < 1.29 is 14.6 Å². The summed E-state index contributed by atoms with van der Waals surface area (Å²) in [5.74, 6) is 0.129. The number of rotatable bonds is 4. The third kappa shape index (κ3) is 3.59. The maximum Gasteiger partial charge on any atom is 0.327 e. The van der Waals surface area contributed by atoms with Crippen LogP contribution in [0.3, 0.4) is 0 Å². The molecule has 1 unspecified atom stereocenters. The monoisotopic (exact) mass is 341 g/mol. The molecule has 1 N–H and O–H groups in total. The molecule has 0 spiro atoms. The molecule has 0 aliphatic carbocycles. The van der Waals surface area contributed by atoms with Crippen molar-refractivity contribution in [3.05, 3.63) is 34.3 Å². The molecule has 0 aromatic heterocycles. The summed E-state index contributed by atoms with van der Waals surface area (Å²) in [5.41, 5.74) is 0.947. The number of carbonyl (C=O) groups is 1. The number of hydrogen-bond acceptors (Lipinski definition) is 4. The molecule has 0 saturated carbocycles. The van der Waals surface area contributed by atoms with Gasteiger partial charge < -0.3 is 9.84 Å². The first-order valence-corrected chi connectivity index (χ1v) is 7.63. The van der Waals surface area contributed by atoms with Crippen LogP contribution >= 0.6 is 15.9 Å². The topological polar surface area (TPSA) is 49.8 Å². The SMILES string of the molecule is COC(=O)C(c1ccc(Br)cc1)N1CCC(CO)CC1. The number of likely N-dealkylation sites (tertiary alicyclic amines) is 1. The Balaban J connectivity index is 2.16. The van der Waals surface area contributed by atoms with Gasteiger partial charge in [-0.2, -0.15) is 0 Å². The summed E-state index contributed by atoms with van der Waals surface area (Å²) in [7, 11) is 1.43.